The highest BCUT2D eigenvalue weighted by Gasteiger charge is 2.26. The largest absolute Gasteiger partial charge is 0.507 e. The summed E-state index contributed by atoms with van der Waals surface area (Å²) in [7, 11) is 0. The second-order valence-corrected chi connectivity index (χ2v) is 7.41. The zero-order valence-corrected chi connectivity index (χ0v) is 13.3. The molecule has 0 atom stereocenters. The number of hydrogen-bond donors (Lipinski definition) is 2. The Kier molecular flexibility index (Phi) is 4.07. The summed E-state index contributed by atoms with van der Waals surface area (Å²) < 4.78 is 6.60. The van der Waals surface area contributed by atoms with Gasteiger partial charge in [-0.1, -0.05) is 53.7 Å². The van der Waals surface area contributed by atoms with Crippen LogP contribution >= 0.6 is 0 Å². The molecule has 0 aliphatic heterocycles. The van der Waals surface area contributed by atoms with Gasteiger partial charge in [-0.3, -0.25) is 4.79 Å². The van der Waals surface area contributed by atoms with Crippen LogP contribution in [0.1, 0.15) is 64.7 Å². The van der Waals surface area contributed by atoms with Gasteiger partial charge in [-0.15, -0.1) is 0 Å². The molecular formula is C17H26O3. The standard InChI is InChI=1S/C17H26O3/c1-16(2,3)12-9-11(7-8-14(18)19)10-13(15(12)20)17(4,5)6/h9-10,20H,7-8H2,1-6H3,(H,18,19)/i/hD. The molecule has 3 heteroatoms. The summed E-state index contributed by atoms with van der Waals surface area (Å²) in [4.78, 5) is 11.2. The normalized spacial score (nSPS) is 13.0. The molecule has 0 heterocycles. The van der Waals surface area contributed by atoms with Crippen LogP contribution < -0.4 is 0 Å². The molecule has 112 valence electrons. The number of carboxylic acids is 1. The molecule has 0 unspecified atom stereocenters. The van der Waals surface area contributed by atoms with E-state index in [1.54, 1.807) is 0 Å². The van der Waals surface area contributed by atoms with Gasteiger partial charge in [0.25, 0.3) is 1.43 Å². The number of aliphatic carboxylic acids is 1. The first-order chi connectivity index (χ1) is 9.46. The number of hydrogen-bond acceptors (Lipinski definition) is 3. The molecule has 2 N–H and O–H groups in total. The Bertz CT molecular complexity index is 487. The number of carboxylic acid groups (broad SMARTS) is 1. The highest BCUT2D eigenvalue weighted by molar-refractivity contribution is 5.67. The third-order valence-corrected chi connectivity index (χ3v) is 3.40. The van der Waals surface area contributed by atoms with E-state index >= 15 is 0 Å². The van der Waals surface area contributed by atoms with Crippen LogP contribution in [0.25, 0.3) is 1.43 Å². The van der Waals surface area contributed by atoms with Crippen molar-refractivity contribution >= 4 is 5.97 Å². The Balaban J connectivity index is 3.31. The number of phenolic OH excluding ortho intramolecular Hbond substituents is 1. The third-order valence-electron chi connectivity index (χ3n) is 3.40. The van der Waals surface area contributed by atoms with Gasteiger partial charge in [0.2, 0.25) is 0 Å². The zero-order valence-electron chi connectivity index (χ0n) is 14.3. The van der Waals surface area contributed by atoms with Gasteiger partial charge < -0.3 is 10.2 Å². The molecule has 3 nitrogen and oxygen atoms in total. The molecule has 0 spiro atoms. The summed E-state index contributed by atoms with van der Waals surface area (Å²) in [6.45, 7) is 12.3. The van der Waals surface area contributed by atoms with E-state index < -0.39 is 5.97 Å². The fourth-order valence-electron chi connectivity index (χ4n) is 2.23. The lowest BCUT2D eigenvalue weighted by Crippen LogP contribution is -2.18. The highest BCUT2D eigenvalue weighted by atomic mass is 16.4. The average molecular weight is 279 g/mol. The first-order valence-corrected chi connectivity index (χ1v) is 6.99. The molecule has 0 fully saturated rings. The Morgan fingerprint density at radius 2 is 1.55 bits per heavy atom. The van der Waals surface area contributed by atoms with Crippen LogP contribution in [0.3, 0.4) is 0 Å². The van der Waals surface area contributed by atoms with Crippen molar-refractivity contribution in [1.29, 1.82) is 1.43 Å². The van der Waals surface area contributed by atoms with Crippen LogP contribution in [0, 0.1) is 0 Å². The topological polar surface area (TPSA) is 57.5 Å². The quantitative estimate of drug-likeness (QED) is 0.879. The maximum Gasteiger partial charge on any atom is 0.303 e. The maximum absolute atomic E-state index is 11.2. The van der Waals surface area contributed by atoms with Crippen LogP contribution in [-0.4, -0.2) is 16.2 Å². The lowest BCUT2D eigenvalue weighted by Gasteiger charge is -2.28. The van der Waals surface area contributed by atoms with Gasteiger partial charge in [-0.05, 0) is 33.9 Å². The van der Waals surface area contributed by atoms with Crippen LogP contribution in [0.15, 0.2) is 12.1 Å². The highest BCUT2D eigenvalue weighted by Crippen LogP contribution is 2.39. The van der Waals surface area contributed by atoms with Crippen molar-refractivity contribution in [1.82, 2.24) is 0 Å². The molecule has 0 aromatic heterocycles. The fraction of sp³-hybridized carbons (Fsp3) is 0.588. The Labute approximate surface area is 123 Å². The van der Waals surface area contributed by atoms with Crippen molar-refractivity contribution in [2.45, 2.75) is 65.2 Å². The monoisotopic (exact) mass is 279 g/mol. The van der Waals surface area contributed by atoms with E-state index in [4.69, 9.17) is 1.43 Å². The molecule has 1 rings (SSSR count). The van der Waals surface area contributed by atoms with Gasteiger partial charge in [0.05, 0.1) is 0 Å². The van der Waals surface area contributed by atoms with Gasteiger partial charge in [-0.25, -0.2) is 0 Å². The zero-order chi connectivity index (χ0) is 16.4. The predicted molar refractivity (Wildman–Crippen MR) is 81.5 cm³/mol. The van der Waals surface area contributed by atoms with Gasteiger partial charge in [-0.2, -0.15) is 0 Å². The summed E-state index contributed by atoms with van der Waals surface area (Å²) in [5.74, 6) is -0.209. The van der Waals surface area contributed by atoms with Crippen molar-refractivity contribution < 1.29 is 15.0 Å². The minimum absolute atomic E-state index is 0.168. The number of carbonyl (C=O) groups is 1. The van der Waals surface area contributed by atoms with E-state index in [0.29, 0.717) is 12.2 Å². The van der Waals surface area contributed by atoms with Gasteiger partial charge in [0.15, 0.2) is 0 Å². The Morgan fingerprint density at radius 1 is 1.10 bits per heavy atom. The summed E-state index contributed by atoms with van der Waals surface area (Å²) in [5, 5.41) is 14.5. The van der Waals surface area contributed by atoms with Crippen molar-refractivity contribution in [3.8, 4) is 5.75 Å². The molecular weight excluding hydrogens is 252 g/mol. The van der Waals surface area contributed by atoms with E-state index in [1.807, 2.05) is 12.1 Å². The molecule has 0 aliphatic rings. The number of aryl methyl sites for hydroxylation is 1. The predicted octanol–water partition coefficient (Wildman–Crippen LogP) is 4.00. The second-order valence-electron chi connectivity index (χ2n) is 7.41. The molecule has 1 aromatic carbocycles. The molecule has 0 saturated carbocycles. The SMILES string of the molecule is [2H]OC(=O)CCc1cc(C(C)(C)C)c(O)c(C(C)(C)C)c1. The number of rotatable bonds is 3. The van der Waals surface area contributed by atoms with E-state index in [2.05, 4.69) is 46.7 Å². The Hall–Kier alpha value is -1.51. The minimum Gasteiger partial charge on any atom is -0.507 e. The van der Waals surface area contributed by atoms with Crippen LogP contribution in [0.2, 0.25) is 0 Å². The summed E-state index contributed by atoms with van der Waals surface area (Å²) >= 11 is 0. The lowest BCUT2D eigenvalue weighted by molar-refractivity contribution is -0.136. The van der Waals surface area contributed by atoms with Gasteiger partial charge in [0.1, 0.15) is 5.75 Å². The van der Waals surface area contributed by atoms with Crippen molar-refractivity contribution in [2.75, 3.05) is 0 Å². The van der Waals surface area contributed by atoms with Gasteiger partial charge >= 0.3 is 5.97 Å². The van der Waals surface area contributed by atoms with Crippen LogP contribution in [-0.2, 0) is 22.0 Å². The van der Waals surface area contributed by atoms with Gasteiger partial charge in [0, 0.05) is 6.42 Å². The third kappa shape index (κ3) is 3.99. The lowest BCUT2D eigenvalue weighted by atomic mass is 9.78. The number of aromatic hydroxyl groups is 1. The molecule has 0 amide bonds. The average Bonchev–Trinajstić information content (AvgIpc) is 2.34. The van der Waals surface area contributed by atoms with E-state index in [1.165, 1.54) is 0 Å². The second kappa shape index (κ2) is 5.47. The van der Waals surface area contributed by atoms with Crippen LogP contribution in [0.4, 0.5) is 0 Å². The Morgan fingerprint density at radius 3 is 1.90 bits per heavy atom. The smallest absolute Gasteiger partial charge is 0.303 e. The first-order valence-electron chi connectivity index (χ1n) is 7.40. The van der Waals surface area contributed by atoms with Crippen molar-refractivity contribution in [3.05, 3.63) is 28.8 Å². The van der Waals surface area contributed by atoms with Crippen LogP contribution in [0.5, 0.6) is 5.75 Å². The number of phenols is 1. The van der Waals surface area contributed by atoms with Crippen molar-refractivity contribution in [3.63, 3.8) is 0 Å². The van der Waals surface area contributed by atoms with E-state index in [0.717, 1.165) is 16.7 Å². The number of benzene rings is 1. The molecule has 1 aromatic rings. The molecule has 0 radical (unpaired) electrons. The fourth-order valence-corrected chi connectivity index (χ4v) is 2.23. The minimum atomic E-state index is -0.544. The maximum atomic E-state index is 11.2. The molecule has 0 bridgehead atoms. The molecule has 0 aliphatic carbocycles. The molecule has 20 heavy (non-hydrogen) atoms. The first kappa shape index (κ1) is 14.9. The van der Waals surface area contributed by atoms with E-state index in [-0.39, 0.29) is 17.3 Å². The summed E-state index contributed by atoms with van der Waals surface area (Å²) in [6, 6.07) is 3.89. The van der Waals surface area contributed by atoms with E-state index in [9.17, 15) is 9.90 Å². The summed E-state index contributed by atoms with van der Waals surface area (Å²) in [5.41, 5.74) is 2.37. The molecule has 0 saturated heterocycles. The van der Waals surface area contributed by atoms with Crippen molar-refractivity contribution in [2.24, 2.45) is 0 Å². The summed E-state index contributed by atoms with van der Waals surface area (Å²) in [6.07, 6.45) is 0.672.